The van der Waals surface area contributed by atoms with Gasteiger partial charge in [-0.05, 0) is 55.5 Å². The van der Waals surface area contributed by atoms with E-state index in [1.165, 1.54) is 12.8 Å². The summed E-state index contributed by atoms with van der Waals surface area (Å²) in [4.78, 5) is 12.4. The van der Waals surface area contributed by atoms with Gasteiger partial charge in [-0.3, -0.25) is 5.41 Å². The molecule has 0 amide bonds. The summed E-state index contributed by atoms with van der Waals surface area (Å²) in [6, 6.07) is 13.5. The number of nitrogens with zero attached hydrogens (tertiary/aromatic N) is 3. The highest BCUT2D eigenvalue weighted by molar-refractivity contribution is 5.69. The van der Waals surface area contributed by atoms with E-state index in [-0.39, 0.29) is 17.5 Å². The summed E-state index contributed by atoms with van der Waals surface area (Å²) in [5.41, 5.74) is 2.48. The molecule has 1 aliphatic rings. The zero-order valence-electron chi connectivity index (χ0n) is 21.5. The Hall–Kier alpha value is -4.01. The lowest BCUT2D eigenvalue weighted by Gasteiger charge is -2.17. The molecular weight excluding hydrogens is 470 g/mol. The van der Waals surface area contributed by atoms with Gasteiger partial charge in [-0.25, -0.2) is 9.97 Å². The van der Waals surface area contributed by atoms with Gasteiger partial charge in [0.2, 0.25) is 0 Å². The zero-order valence-corrected chi connectivity index (χ0v) is 21.5. The number of hydrogen-bond acceptors (Lipinski definition) is 7. The summed E-state index contributed by atoms with van der Waals surface area (Å²) in [7, 11) is 3.30. The Labute approximate surface area is 215 Å². The number of nitrogens with one attached hydrogen (secondary N) is 2. The SMILES string of the molecule is COc1cccc(OC[C@H](C)c2nc3c([nH]2)c(=N)ncn3Cc2ccc(OC)c(OC3CCCC3)c2)c1. The summed E-state index contributed by atoms with van der Waals surface area (Å²) in [5, 5.41) is 8.31. The number of aromatic amines is 1. The zero-order chi connectivity index (χ0) is 25.8. The summed E-state index contributed by atoms with van der Waals surface area (Å²) >= 11 is 0. The Balaban J connectivity index is 1.36. The molecule has 2 aromatic heterocycles. The molecule has 1 aliphatic carbocycles. The second-order valence-corrected chi connectivity index (χ2v) is 9.44. The molecule has 4 aromatic rings. The van der Waals surface area contributed by atoms with Crippen LogP contribution in [0.15, 0.2) is 48.8 Å². The maximum Gasteiger partial charge on any atom is 0.173 e. The molecule has 2 aromatic carbocycles. The van der Waals surface area contributed by atoms with Gasteiger partial charge in [0.15, 0.2) is 22.6 Å². The highest BCUT2D eigenvalue weighted by Gasteiger charge is 2.19. The van der Waals surface area contributed by atoms with E-state index in [1.54, 1.807) is 20.5 Å². The number of fused-ring (bicyclic) bond motifs is 1. The maximum atomic E-state index is 8.31. The van der Waals surface area contributed by atoms with Crippen molar-refractivity contribution in [3.8, 4) is 23.0 Å². The first-order valence-corrected chi connectivity index (χ1v) is 12.6. The topological polar surface area (TPSA) is 107 Å². The molecule has 2 heterocycles. The lowest BCUT2D eigenvalue weighted by atomic mass is 10.2. The van der Waals surface area contributed by atoms with Crippen molar-refractivity contribution in [1.82, 2.24) is 19.5 Å². The van der Waals surface area contributed by atoms with Gasteiger partial charge < -0.3 is 28.5 Å². The fourth-order valence-electron chi connectivity index (χ4n) is 4.64. The first-order chi connectivity index (χ1) is 18.0. The van der Waals surface area contributed by atoms with E-state index >= 15 is 0 Å². The molecule has 0 aliphatic heterocycles. The largest absolute Gasteiger partial charge is 0.497 e. The number of benzene rings is 2. The molecular formula is C28H33N5O4. The van der Waals surface area contributed by atoms with E-state index in [4.69, 9.17) is 29.3 Å². The van der Waals surface area contributed by atoms with Crippen LogP contribution in [0.1, 0.15) is 49.9 Å². The van der Waals surface area contributed by atoms with Gasteiger partial charge in [0.25, 0.3) is 0 Å². The predicted molar refractivity (Wildman–Crippen MR) is 140 cm³/mol. The van der Waals surface area contributed by atoms with Crippen molar-refractivity contribution in [2.75, 3.05) is 20.8 Å². The summed E-state index contributed by atoms with van der Waals surface area (Å²) in [6.45, 7) is 3.00. The van der Waals surface area contributed by atoms with Gasteiger partial charge in [-0.1, -0.05) is 19.1 Å². The molecule has 0 radical (unpaired) electrons. The van der Waals surface area contributed by atoms with E-state index in [0.29, 0.717) is 24.3 Å². The third-order valence-corrected chi connectivity index (χ3v) is 6.72. The Morgan fingerprint density at radius 2 is 1.86 bits per heavy atom. The van der Waals surface area contributed by atoms with Crippen LogP contribution >= 0.6 is 0 Å². The summed E-state index contributed by atoms with van der Waals surface area (Å²) in [5.74, 6) is 3.69. The number of rotatable bonds is 10. The molecule has 37 heavy (non-hydrogen) atoms. The standard InChI is InChI=1S/C28H33N5O4/c1-18(16-36-22-10-6-9-21(14-22)34-2)27-31-25-26(29)30-17-33(28(25)32-27)15-19-11-12-23(35-3)24(13-19)37-20-7-4-5-8-20/h6,9-14,17-18,20,29H,4-5,7-8,15-16H2,1-3H3,(H,31,32)/t18-/m0/s1. The van der Waals surface area contributed by atoms with Crippen LogP contribution in [0.5, 0.6) is 23.0 Å². The lowest BCUT2D eigenvalue weighted by molar-refractivity contribution is 0.200. The molecule has 1 saturated carbocycles. The molecule has 9 heteroatoms. The monoisotopic (exact) mass is 503 g/mol. The highest BCUT2D eigenvalue weighted by Crippen LogP contribution is 2.33. The van der Waals surface area contributed by atoms with Crippen molar-refractivity contribution in [3.05, 3.63) is 65.7 Å². The Bertz CT molecular complexity index is 1420. The van der Waals surface area contributed by atoms with E-state index in [1.807, 2.05) is 54.0 Å². The third kappa shape index (κ3) is 5.55. The van der Waals surface area contributed by atoms with Gasteiger partial charge in [-0.2, -0.15) is 0 Å². The van der Waals surface area contributed by atoms with Crippen molar-refractivity contribution in [2.45, 2.75) is 51.2 Å². The minimum atomic E-state index is -0.0288. The van der Waals surface area contributed by atoms with Crippen molar-refractivity contribution in [3.63, 3.8) is 0 Å². The van der Waals surface area contributed by atoms with Crippen LogP contribution in [-0.2, 0) is 6.54 Å². The second-order valence-electron chi connectivity index (χ2n) is 9.44. The average Bonchev–Trinajstić information content (AvgIpc) is 3.60. The minimum absolute atomic E-state index is 0.0288. The molecule has 1 atom stereocenters. The third-order valence-electron chi connectivity index (χ3n) is 6.72. The average molecular weight is 504 g/mol. The van der Waals surface area contributed by atoms with Gasteiger partial charge in [0, 0.05) is 12.0 Å². The quantitative estimate of drug-likeness (QED) is 0.322. The molecule has 0 saturated heterocycles. The molecule has 0 spiro atoms. The molecule has 1 fully saturated rings. The maximum absolute atomic E-state index is 8.31. The number of aromatic nitrogens is 4. The van der Waals surface area contributed by atoms with Gasteiger partial charge in [0.05, 0.1) is 39.8 Å². The van der Waals surface area contributed by atoms with Gasteiger partial charge in [0.1, 0.15) is 22.8 Å². The fraction of sp³-hybridized carbons (Fsp3) is 0.393. The van der Waals surface area contributed by atoms with E-state index in [9.17, 15) is 0 Å². The molecule has 9 nitrogen and oxygen atoms in total. The highest BCUT2D eigenvalue weighted by atomic mass is 16.5. The van der Waals surface area contributed by atoms with Crippen LogP contribution < -0.4 is 24.4 Å². The number of hydrogen-bond donors (Lipinski definition) is 2. The second kappa shape index (κ2) is 10.9. The van der Waals surface area contributed by atoms with Crippen LogP contribution in [0.25, 0.3) is 11.2 Å². The number of methoxy groups -OCH3 is 2. The Morgan fingerprint density at radius 1 is 1.05 bits per heavy atom. The number of imidazole rings is 1. The van der Waals surface area contributed by atoms with Crippen LogP contribution in [-0.4, -0.2) is 46.4 Å². The summed E-state index contributed by atoms with van der Waals surface area (Å²) < 4.78 is 25.0. The van der Waals surface area contributed by atoms with Crippen LogP contribution in [0, 0.1) is 5.41 Å². The van der Waals surface area contributed by atoms with E-state index < -0.39 is 0 Å². The van der Waals surface area contributed by atoms with Crippen LogP contribution in [0.4, 0.5) is 0 Å². The van der Waals surface area contributed by atoms with Crippen molar-refractivity contribution < 1.29 is 18.9 Å². The van der Waals surface area contributed by atoms with Crippen LogP contribution in [0.2, 0.25) is 0 Å². The van der Waals surface area contributed by atoms with Crippen LogP contribution in [0.3, 0.4) is 0 Å². The van der Waals surface area contributed by atoms with Crippen molar-refractivity contribution in [1.29, 1.82) is 5.41 Å². The molecule has 5 rings (SSSR count). The Morgan fingerprint density at radius 3 is 2.65 bits per heavy atom. The van der Waals surface area contributed by atoms with Gasteiger partial charge in [-0.15, -0.1) is 0 Å². The fourth-order valence-corrected chi connectivity index (χ4v) is 4.64. The predicted octanol–water partition coefficient (Wildman–Crippen LogP) is 4.81. The van der Waals surface area contributed by atoms with Crippen molar-refractivity contribution in [2.24, 2.45) is 0 Å². The van der Waals surface area contributed by atoms with Crippen molar-refractivity contribution >= 4 is 11.2 Å². The first-order valence-electron chi connectivity index (χ1n) is 12.6. The first kappa shape index (κ1) is 24.7. The van der Waals surface area contributed by atoms with Gasteiger partial charge >= 0.3 is 0 Å². The lowest BCUT2D eigenvalue weighted by Crippen LogP contribution is -2.14. The Kier molecular flexibility index (Phi) is 7.30. The number of ether oxygens (including phenoxy) is 4. The normalized spacial score (nSPS) is 14.6. The molecule has 2 N–H and O–H groups in total. The minimum Gasteiger partial charge on any atom is -0.497 e. The molecule has 0 bridgehead atoms. The molecule has 0 unspecified atom stereocenters. The van der Waals surface area contributed by atoms with E-state index in [0.717, 1.165) is 47.2 Å². The number of H-pyrrole nitrogens is 1. The smallest absolute Gasteiger partial charge is 0.173 e. The summed E-state index contributed by atoms with van der Waals surface area (Å²) in [6.07, 6.45) is 6.46. The molecule has 194 valence electrons. The van der Waals surface area contributed by atoms with E-state index in [2.05, 4.69) is 9.97 Å².